The highest BCUT2D eigenvalue weighted by Crippen LogP contribution is 2.27. The maximum Gasteiger partial charge on any atom is 0.305 e. The second-order valence-corrected chi connectivity index (χ2v) is 5.44. The van der Waals surface area contributed by atoms with E-state index in [0.717, 1.165) is 23.1 Å². The third kappa shape index (κ3) is 2.91. The van der Waals surface area contributed by atoms with Gasteiger partial charge in [0.2, 0.25) is 11.7 Å². The fourth-order valence-corrected chi connectivity index (χ4v) is 2.32. The van der Waals surface area contributed by atoms with Crippen LogP contribution in [0.3, 0.4) is 0 Å². The molecular formula is C14H15FN2O4. The fraction of sp³-hybridized carbons (Fsp3) is 0.429. The molecule has 1 fully saturated rings. The van der Waals surface area contributed by atoms with Gasteiger partial charge in [0.25, 0.3) is 5.91 Å². The van der Waals surface area contributed by atoms with Crippen LogP contribution in [0.25, 0.3) is 0 Å². The number of imide groups is 1. The first-order chi connectivity index (χ1) is 9.81. The van der Waals surface area contributed by atoms with Gasteiger partial charge in [0, 0.05) is 24.6 Å². The zero-order valence-electron chi connectivity index (χ0n) is 11.7. The number of nitro benzene ring substituents is 1. The summed E-state index contributed by atoms with van der Waals surface area (Å²) in [5, 5.41) is 10.7. The number of benzene rings is 1. The van der Waals surface area contributed by atoms with Crippen molar-refractivity contribution in [3.8, 4) is 0 Å². The number of carbonyl (C=O) groups is 2. The third-order valence-corrected chi connectivity index (χ3v) is 3.73. The van der Waals surface area contributed by atoms with E-state index < -0.39 is 22.3 Å². The van der Waals surface area contributed by atoms with Crippen molar-refractivity contribution in [2.75, 3.05) is 6.54 Å². The molecule has 2 amide bonds. The zero-order chi connectivity index (χ0) is 15.7. The first-order valence-corrected chi connectivity index (χ1v) is 6.60. The molecule has 1 aromatic carbocycles. The highest BCUT2D eigenvalue weighted by Gasteiger charge is 2.36. The SMILES string of the molecule is CC(C)C1CC(=O)N(C(=O)c2ccc(F)c([N+](=O)[O-])c2)C1. The average molecular weight is 294 g/mol. The minimum Gasteiger partial charge on any atom is -0.278 e. The Balaban J connectivity index is 2.27. The summed E-state index contributed by atoms with van der Waals surface area (Å²) in [5.41, 5.74) is -0.825. The summed E-state index contributed by atoms with van der Waals surface area (Å²) in [4.78, 5) is 35.0. The summed E-state index contributed by atoms with van der Waals surface area (Å²) in [6, 6.07) is 2.89. The molecule has 7 heteroatoms. The summed E-state index contributed by atoms with van der Waals surface area (Å²) in [5.74, 6) is -1.59. The summed E-state index contributed by atoms with van der Waals surface area (Å²) >= 11 is 0. The van der Waals surface area contributed by atoms with Crippen molar-refractivity contribution < 1.29 is 18.9 Å². The number of hydrogen-bond acceptors (Lipinski definition) is 4. The molecule has 1 aliphatic heterocycles. The lowest BCUT2D eigenvalue weighted by Crippen LogP contribution is -2.32. The molecule has 0 spiro atoms. The molecule has 0 N–H and O–H groups in total. The Labute approximate surface area is 120 Å². The molecule has 6 nitrogen and oxygen atoms in total. The molecule has 0 radical (unpaired) electrons. The molecule has 0 aliphatic carbocycles. The van der Waals surface area contributed by atoms with Crippen LogP contribution >= 0.6 is 0 Å². The molecule has 0 saturated carbocycles. The Morgan fingerprint density at radius 2 is 2.14 bits per heavy atom. The zero-order valence-corrected chi connectivity index (χ0v) is 11.7. The maximum atomic E-state index is 13.3. The van der Waals surface area contributed by atoms with Gasteiger partial charge in [-0.3, -0.25) is 24.6 Å². The topological polar surface area (TPSA) is 80.5 Å². The van der Waals surface area contributed by atoms with Crippen molar-refractivity contribution in [3.63, 3.8) is 0 Å². The van der Waals surface area contributed by atoms with E-state index >= 15 is 0 Å². The van der Waals surface area contributed by atoms with Gasteiger partial charge in [0.15, 0.2) is 0 Å². The van der Waals surface area contributed by atoms with Crippen LogP contribution in [-0.2, 0) is 4.79 Å². The van der Waals surface area contributed by atoms with E-state index in [-0.39, 0.29) is 29.7 Å². The van der Waals surface area contributed by atoms with E-state index in [1.807, 2.05) is 13.8 Å². The van der Waals surface area contributed by atoms with Crippen LogP contribution in [0.4, 0.5) is 10.1 Å². The predicted octanol–water partition coefficient (Wildman–Crippen LogP) is 2.38. The van der Waals surface area contributed by atoms with Crippen molar-refractivity contribution in [1.82, 2.24) is 4.90 Å². The van der Waals surface area contributed by atoms with Crippen LogP contribution in [0.5, 0.6) is 0 Å². The molecule has 0 bridgehead atoms. The lowest BCUT2D eigenvalue weighted by atomic mass is 9.95. The number of halogens is 1. The average Bonchev–Trinajstić information content (AvgIpc) is 2.80. The lowest BCUT2D eigenvalue weighted by molar-refractivity contribution is -0.387. The van der Waals surface area contributed by atoms with Gasteiger partial charge in [-0.2, -0.15) is 4.39 Å². The number of amides is 2. The Bertz CT molecular complexity index is 615. The molecule has 1 saturated heterocycles. The number of nitrogens with zero attached hydrogens (tertiary/aromatic N) is 2. The van der Waals surface area contributed by atoms with Gasteiger partial charge < -0.3 is 0 Å². The smallest absolute Gasteiger partial charge is 0.278 e. The van der Waals surface area contributed by atoms with Gasteiger partial charge in [-0.15, -0.1) is 0 Å². The normalized spacial score (nSPS) is 18.4. The van der Waals surface area contributed by atoms with Gasteiger partial charge in [0.05, 0.1) is 4.92 Å². The predicted molar refractivity (Wildman–Crippen MR) is 72.0 cm³/mol. The highest BCUT2D eigenvalue weighted by molar-refractivity contribution is 6.06. The second kappa shape index (κ2) is 5.59. The molecule has 1 atom stereocenters. The quantitative estimate of drug-likeness (QED) is 0.487. The van der Waals surface area contributed by atoms with Gasteiger partial charge >= 0.3 is 5.69 Å². The summed E-state index contributed by atoms with van der Waals surface area (Å²) in [6.45, 7) is 4.23. The van der Waals surface area contributed by atoms with Crippen LogP contribution in [0.15, 0.2) is 18.2 Å². The molecule has 1 aromatic rings. The van der Waals surface area contributed by atoms with E-state index in [9.17, 15) is 24.1 Å². The first-order valence-electron chi connectivity index (χ1n) is 6.60. The summed E-state index contributed by atoms with van der Waals surface area (Å²) in [7, 11) is 0. The number of likely N-dealkylation sites (tertiary alicyclic amines) is 1. The Hall–Kier alpha value is -2.31. The van der Waals surface area contributed by atoms with E-state index in [1.165, 1.54) is 0 Å². The molecule has 1 aliphatic rings. The molecule has 1 unspecified atom stereocenters. The first kappa shape index (κ1) is 15.1. The van der Waals surface area contributed by atoms with Crippen molar-refractivity contribution in [2.45, 2.75) is 20.3 Å². The van der Waals surface area contributed by atoms with E-state index in [1.54, 1.807) is 0 Å². The van der Waals surface area contributed by atoms with E-state index in [2.05, 4.69) is 0 Å². The largest absolute Gasteiger partial charge is 0.305 e. The van der Waals surface area contributed by atoms with E-state index in [4.69, 9.17) is 0 Å². The molecule has 0 aromatic heterocycles. The van der Waals surface area contributed by atoms with E-state index in [0.29, 0.717) is 6.54 Å². The van der Waals surface area contributed by atoms with Crippen LogP contribution in [-0.4, -0.2) is 28.2 Å². The molecule has 2 rings (SSSR count). The standard InChI is InChI=1S/C14H15FN2O4/c1-8(2)10-6-13(18)16(7-10)14(19)9-3-4-11(15)12(5-9)17(20)21/h3-5,8,10H,6-7H2,1-2H3. The van der Waals surface area contributed by atoms with Crippen molar-refractivity contribution >= 4 is 17.5 Å². The maximum absolute atomic E-state index is 13.3. The Morgan fingerprint density at radius 1 is 1.48 bits per heavy atom. The fourth-order valence-electron chi connectivity index (χ4n) is 2.32. The number of rotatable bonds is 3. The van der Waals surface area contributed by atoms with Gasteiger partial charge in [-0.25, -0.2) is 0 Å². The Kier molecular flexibility index (Phi) is 4.02. The molecule has 1 heterocycles. The van der Waals surface area contributed by atoms with Crippen molar-refractivity contribution in [1.29, 1.82) is 0 Å². The molecular weight excluding hydrogens is 279 g/mol. The molecule has 21 heavy (non-hydrogen) atoms. The van der Waals surface area contributed by atoms with Gasteiger partial charge in [-0.05, 0) is 24.0 Å². The summed E-state index contributed by atoms with van der Waals surface area (Å²) in [6.07, 6.45) is 0.284. The lowest BCUT2D eigenvalue weighted by Gasteiger charge is -2.16. The van der Waals surface area contributed by atoms with Crippen LogP contribution in [0, 0.1) is 27.8 Å². The van der Waals surface area contributed by atoms with Crippen LogP contribution in [0.2, 0.25) is 0 Å². The minimum absolute atomic E-state index is 0.0548. The van der Waals surface area contributed by atoms with Gasteiger partial charge in [0.1, 0.15) is 0 Å². The highest BCUT2D eigenvalue weighted by atomic mass is 19.1. The van der Waals surface area contributed by atoms with Crippen molar-refractivity contribution in [3.05, 3.63) is 39.7 Å². The number of carbonyl (C=O) groups excluding carboxylic acids is 2. The summed E-state index contributed by atoms with van der Waals surface area (Å²) < 4.78 is 13.3. The monoisotopic (exact) mass is 294 g/mol. The van der Waals surface area contributed by atoms with Crippen LogP contribution < -0.4 is 0 Å². The number of hydrogen-bond donors (Lipinski definition) is 0. The Morgan fingerprint density at radius 3 is 2.67 bits per heavy atom. The van der Waals surface area contributed by atoms with Crippen LogP contribution in [0.1, 0.15) is 30.6 Å². The second-order valence-electron chi connectivity index (χ2n) is 5.44. The molecule has 112 valence electrons. The van der Waals surface area contributed by atoms with Gasteiger partial charge in [-0.1, -0.05) is 13.8 Å². The third-order valence-electron chi connectivity index (χ3n) is 3.73. The minimum atomic E-state index is -1.01. The number of nitro groups is 1. The van der Waals surface area contributed by atoms with Crippen molar-refractivity contribution in [2.24, 2.45) is 11.8 Å².